The Morgan fingerprint density at radius 1 is 1.05 bits per heavy atom. The molecule has 0 atom stereocenters. The molecule has 0 bridgehead atoms. The maximum atomic E-state index is 12.5. The van der Waals surface area contributed by atoms with Gasteiger partial charge in [-0.15, -0.1) is 0 Å². The number of aryl methyl sites for hydroxylation is 1. The van der Waals surface area contributed by atoms with Crippen LogP contribution in [0.1, 0.15) is 45.7 Å². The van der Waals surface area contributed by atoms with Crippen LogP contribution in [0.15, 0.2) is 12.1 Å². The number of benzene rings is 1. The summed E-state index contributed by atoms with van der Waals surface area (Å²) in [5.41, 5.74) is 1.73. The summed E-state index contributed by atoms with van der Waals surface area (Å²) < 4.78 is 0. The van der Waals surface area contributed by atoms with E-state index in [9.17, 15) is 19.2 Å². The maximum absolute atomic E-state index is 12.5. The molecule has 7 heteroatoms. The van der Waals surface area contributed by atoms with Crippen LogP contribution in [0.3, 0.4) is 0 Å². The molecular weight excluding hydrogens is 290 g/mol. The Hall–Kier alpha value is -2.70. The van der Waals surface area contributed by atoms with Gasteiger partial charge in [0.2, 0.25) is 6.04 Å². The average Bonchev–Trinajstić information content (AvgIpc) is 2.71. The van der Waals surface area contributed by atoms with Crippen LogP contribution >= 0.6 is 0 Å². The molecule has 22 heavy (non-hydrogen) atoms. The molecule has 0 radical (unpaired) electrons. The Labute approximate surface area is 126 Å². The Morgan fingerprint density at radius 2 is 1.64 bits per heavy atom. The molecule has 1 aromatic rings. The fourth-order valence-electron chi connectivity index (χ4n) is 2.75. The number of aliphatic carboxylic acids is 2. The van der Waals surface area contributed by atoms with E-state index in [-0.39, 0.29) is 11.1 Å². The van der Waals surface area contributed by atoms with Gasteiger partial charge in [0.05, 0.1) is 11.1 Å². The molecule has 1 aliphatic rings. The van der Waals surface area contributed by atoms with E-state index in [1.165, 1.54) is 6.07 Å². The van der Waals surface area contributed by atoms with Crippen LogP contribution in [-0.4, -0.2) is 44.9 Å². The van der Waals surface area contributed by atoms with E-state index < -0.39 is 29.8 Å². The minimum absolute atomic E-state index is 0.0616. The molecule has 0 aliphatic carbocycles. The monoisotopic (exact) mass is 305 g/mol. The van der Waals surface area contributed by atoms with Crippen molar-refractivity contribution < 1.29 is 29.4 Å². The van der Waals surface area contributed by atoms with Crippen LogP contribution in [0.25, 0.3) is 0 Å². The number of nitrogens with zero attached hydrogens (tertiary/aromatic N) is 1. The fraction of sp³-hybridized carbons (Fsp3) is 0.333. The summed E-state index contributed by atoms with van der Waals surface area (Å²) in [6, 6.07) is 0.944. The van der Waals surface area contributed by atoms with Gasteiger partial charge in [-0.1, -0.05) is 19.9 Å². The van der Waals surface area contributed by atoms with Gasteiger partial charge in [0.1, 0.15) is 0 Å². The van der Waals surface area contributed by atoms with E-state index in [1.807, 2.05) is 13.8 Å². The normalized spacial score (nSPS) is 13.7. The second-order valence-corrected chi connectivity index (χ2v) is 4.89. The number of imide groups is 1. The lowest BCUT2D eigenvalue weighted by atomic mass is 9.94. The number of hydrogen-bond donors (Lipinski definition) is 2. The average molecular weight is 305 g/mol. The lowest BCUT2D eigenvalue weighted by molar-refractivity contribution is -0.154. The summed E-state index contributed by atoms with van der Waals surface area (Å²) in [6.45, 7) is 3.72. The van der Waals surface area contributed by atoms with Crippen molar-refractivity contribution in [3.63, 3.8) is 0 Å². The zero-order valence-electron chi connectivity index (χ0n) is 12.1. The maximum Gasteiger partial charge on any atom is 0.338 e. The summed E-state index contributed by atoms with van der Waals surface area (Å²) >= 11 is 0. The molecule has 0 saturated carbocycles. The largest absolute Gasteiger partial charge is 0.479 e. The van der Waals surface area contributed by atoms with Gasteiger partial charge in [0, 0.05) is 0 Å². The highest BCUT2D eigenvalue weighted by Gasteiger charge is 2.47. The third-order valence-electron chi connectivity index (χ3n) is 3.75. The molecule has 0 spiro atoms. The number of carboxylic acids is 2. The molecular formula is C15H15NO6. The first-order chi connectivity index (χ1) is 10.3. The van der Waals surface area contributed by atoms with Gasteiger partial charge in [0.15, 0.2) is 0 Å². The first-order valence-corrected chi connectivity index (χ1v) is 6.83. The second-order valence-electron chi connectivity index (χ2n) is 4.89. The Bertz CT molecular complexity index is 680. The van der Waals surface area contributed by atoms with E-state index in [0.29, 0.717) is 23.3 Å². The van der Waals surface area contributed by atoms with Crippen molar-refractivity contribution >= 4 is 23.8 Å². The molecule has 0 saturated heterocycles. The zero-order valence-corrected chi connectivity index (χ0v) is 12.1. The molecule has 7 nitrogen and oxygen atoms in total. The van der Waals surface area contributed by atoms with E-state index in [4.69, 9.17) is 10.2 Å². The van der Waals surface area contributed by atoms with E-state index in [1.54, 1.807) is 6.07 Å². The number of carbonyl (C=O) groups is 4. The van der Waals surface area contributed by atoms with Gasteiger partial charge in [-0.2, -0.15) is 0 Å². The van der Waals surface area contributed by atoms with Gasteiger partial charge in [-0.25, -0.2) is 14.5 Å². The highest BCUT2D eigenvalue weighted by molar-refractivity contribution is 6.25. The van der Waals surface area contributed by atoms with Crippen molar-refractivity contribution in [3.8, 4) is 0 Å². The second kappa shape index (κ2) is 5.59. The van der Waals surface area contributed by atoms with Gasteiger partial charge in [0.25, 0.3) is 11.8 Å². The van der Waals surface area contributed by atoms with Crippen LogP contribution in [0, 0.1) is 0 Å². The first kappa shape index (κ1) is 15.7. The summed E-state index contributed by atoms with van der Waals surface area (Å²) in [4.78, 5) is 47.3. The predicted molar refractivity (Wildman–Crippen MR) is 74.8 cm³/mol. The number of carbonyl (C=O) groups excluding carboxylic acids is 2. The molecule has 0 unspecified atom stereocenters. The smallest absolute Gasteiger partial charge is 0.338 e. The Balaban J connectivity index is 2.63. The first-order valence-electron chi connectivity index (χ1n) is 6.83. The van der Waals surface area contributed by atoms with Crippen molar-refractivity contribution in [2.75, 3.05) is 0 Å². The summed E-state index contributed by atoms with van der Waals surface area (Å²) in [6.07, 6.45) is 1.14. The topological polar surface area (TPSA) is 112 Å². The standard InChI is InChI=1S/C15H15NO6/c1-3-7-5-6-9-10(8(7)4-2)13(18)16(12(9)17)11(14(19)20)15(21)22/h5-6,11H,3-4H2,1-2H3,(H,19,20)(H,21,22). The highest BCUT2D eigenvalue weighted by Crippen LogP contribution is 2.30. The summed E-state index contributed by atoms with van der Waals surface area (Å²) in [7, 11) is 0. The van der Waals surface area contributed by atoms with Gasteiger partial charge >= 0.3 is 11.9 Å². The SMILES string of the molecule is CCc1ccc2c(c1CC)C(=O)N(C(C(=O)O)C(=O)O)C2=O. The Morgan fingerprint density at radius 3 is 2.09 bits per heavy atom. The quantitative estimate of drug-likeness (QED) is 0.618. The van der Waals surface area contributed by atoms with Gasteiger partial charge in [-0.05, 0) is 30.0 Å². The molecule has 2 amide bonds. The van der Waals surface area contributed by atoms with Crippen molar-refractivity contribution in [1.29, 1.82) is 0 Å². The number of hydrogen-bond acceptors (Lipinski definition) is 4. The van der Waals surface area contributed by atoms with Crippen LogP contribution in [-0.2, 0) is 22.4 Å². The Kier molecular flexibility index (Phi) is 3.99. The molecule has 2 rings (SSSR count). The molecule has 1 aliphatic heterocycles. The molecule has 0 fully saturated rings. The number of amides is 2. The predicted octanol–water partition coefficient (Wildman–Crippen LogP) is 0.945. The van der Waals surface area contributed by atoms with Crippen LogP contribution in [0.2, 0.25) is 0 Å². The molecule has 1 aromatic carbocycles. The molecule has 2 N–H and O–H groups in total. The van der Waals surface area contributed by atoms with Crippen molar-refractivity contribution in [2.45, 2.75) is 32.7 Å². The van der Waals surface area contributed by atoms with Crippen LogP contribution in [0.5, 0.6) is 0 Å². The van der Waals surface area contributed by atoms with E-state index >= 15 is 0 Å². The fourth-order valence-corrected chi connectivity index (χ4v) is 2.75. The van der Waals surface area contributed by atoms with E-state index in [0.717, 1.165) is 5.56 Å². The third-order valence-corrected chi connectivity index (χ3v) is 3.75. The summed E-state index contributed by atoms with van der Waals surface area (Å²) in [5, 5.41) is 18.0. The van der Waals surface area contributed by atoms with Crippen molar-refractivity contribution in [3.05, 3.63) is 34.4 Å². The van der Waals surface area contributed by atoms with Crippen LogP contribution in [0.4, 0.5) is 0 Å². The number of carboxylic acid groups (broad SMARTS) is 2. The lowest BCUT2D eigenvalue weighted by Crippen LogP contribution is -2.49. The van der Waals surface area contributed by atoms with Gasteiger partial charge < -0.3 is 10.2 Å². The highest BCUT2D eigenvalue weighted by atomic mass is 16.4. The number of rotatable bonds is 5. The zero-order chi connectivity index (χ0) is 16.6. The van der Waals surface area contributed by atoms with Crippen LogP contribution < -0.4 is 0 Å². The minimum Gasteiger partial charge on any atom is -0.479 e. The van der Waals surface area contributed by atoms with E-state index in [2.05, 4.69) is 0 Å². The van der Waals surface area contributed by atoms with Crippen molar-refractivity contribution in [2.24, 2.45) is 0 Å². The third kappa shape index (κ3) is 2.14. The molecule has 116 valence electrons. The lowest BCUT2D eigenvalue weighted by Gasteiger charge is -2.18. The number of fused-ring (bicyclic) bond motifs is 1. The molecule has 1 heterocycles. The molecule has 0 aromatic heterocycles. The minimum atomic E-state index is -2.22. The van der Waals surface area contributed by atoms with Crippen molar-refractivity contribution in [1.82, 2.24) is 4.90 Å². The summed E-state index contributed by atoms with van der Waals surface area (Å²) in [5.74, 6) is -5.25. The van der Waals surface area contributed by atoms with Gasteiger partial charge in [-0.3, -0.25) is 9.59 Å².